The van der Waals surface area contributed by atoms with Crippen molar-refractivity contribution in [1.82, 2.24) is 5.32 Å². The van der Waals surface area contributed by atoms with Gasteiger partial charge >= 0.3 is 5.97 Å². The van der Waals surface area contributed by atoms with E-state index in [1.165, 1.54) is 18.4 Å². The van der Waals surface area contributed by atoms with Crippen molar-refractivity contribution in [3.05, 3.63) is 39.8 Å². The molecule has 1 aromatic heterocycles. The SMILES string of the molecule is CCc1c(C)sc(NC(=S)NC(C)c2cc(OC)ccc2OC)c1C(=O)OC. The van der Waals surface area contributed by atoms with Gasteiger partial charge in [0.25, 0.3) is 0 Å². The minimum absolute atomic E-state index is 0.140. The molecule has 0 fully saturated rings. The van der Waals surface area contributed by atoms with Crippen LogP contribution < -0.4 is 20.1 Å². The van der Waals surface area contributed by atoms with Gasteiger partial charge in [-0.05, 0) is 56.2 Å². The first-order chi connectivity index (χ1) is 13.4. The number of methoxy groups -OCH3 is 3. The van der Waals surface area contributed by atoms with Crippen LogP contribution >= 0.6 is 23.6 Å². The maximum Gasteiger partial charge on any atom is 0.341 e. The third-order valence-electron chi connectivity index (χ3n) is 4.43. The number of hydrogen-bond acceptors (Lipinski definition) is 6. The molecular weight excluding hydrogens is 396 g/mol. The minimum Gasteiger partial charge on any atom is -0.497 e. The van der Waals surface area contributed by atoms with E-state index in [-0.39, 0.29) is 12.0 Å². The van der Waals surface area contributed by atoms with Gasteiger partial charge in [0.1, 0.15) is 16.5 Å². The number of esters is 1. The minimum atomic E-state index is -0.367. The Hall–Kier alpha value is -2.32. The summed E-state index contributed by atoms with van der Waals surface area (Å²) in [6.07, 6.45) is 0.742. The second-order valence-electron chi connectivity index (χ2n) is 6.11. The lowest BCUT2D eigenvalue weighted by atomic mass is 10.1. The van der Waals surface area contributed by atoms with Gasteiger partial charge in [-0.2, -0.15) is 0 Å². The van der Waals surface area contributed by atoms with Crippen LogP contribution in [0.4, 0.5) is 5.00 Å². The van der Waals surface area contributed by atoms with Crippen molar-refractivity contribution in [2.24, 2.45) is 0 Å². The summed E-state index contributed by atoms with van der Waals surface area (Å²) in [4.78, 5) is 13.3. The molecule has 28 heavy (non-hydrogen) atoms. The van der Waals surface area contributed by atoms with Gasteiger partial charge in [0, 0.05) is 10.4 Å². The van der Waals surface area contributed by atoms with Gasteiger partial charge in [-0.15, -0.1) is 11.3 Å². The number of nitrogens with one attached hydrogen (secondary N) is 2. The lowest BCUT2D eigenvalue weighted by molar-refractivity contribution is 0.0601. The fraction of sp³-hybridized carbons (Fsp3) is 0.400. The maximum absolute atomic E-state index is 12.3. The van der Waals surface area contributed by atoms with Crippen molar-refractivity contribution in [3.63, 3.8) is 0 Å². The highest BCUT2D eigenvalue weighted by molar-refractivity contribution is 7.80. The molecule has 0 aliphatic heterocycles. The van der Waals surface area contributed by atoms with Crippen molar-refractivity contribution < 1.29 is 19.0 Å². The number of carbonyl (C=O) groups is 1. The summed E-state index contributed by atoms with van der Waals surface area (Å²) in [6, 6.07) is 5.46. The van der Waals surface area contributed by atoms with E-state index in [1.807, 2.05) is 39.0 Å². The van der Waals surface area contributed by atoms with Crippen LogP contribution in [0.15, 0.2) is 18.2 Å². The molecule has 2 aromatic rings. The van der Waals surface area contributed by atoms with E-state index in [4.69, 9.17) is 26.4 Å². The summed E-state index contributed by atoms with van der Waals surface area (Å²) in [6.45, 7) is 5.98. The van der Waals surface area contributed by atoms with Crippen molar-refractivity contribution in [2.45, 2.75) is 33.2 Å². The third-order valence-corrected chi connectivity index (χ3v) is 5.71. The fourth-order valence-corrected chi connectivity index (χ4v) is 4.48. The topological polar surface area (TPSA) is 68.8 Å². The van der Waals surface area contributed by atoms with Gasteiger partial charge < -0.3 is 24.8 Å². The van der Waals surface area contributed by atoms with Gasteiger partial charge in [0.15, 0.2) is 5.11 Å². The molecule has 6 nitrogen and oxygen atoms in total. The summed E-state index contributed by atoms with van der Waals surface area (Å²) in [5, 5.41) is 7.49. The summed E-state index contributed by atoms with van der Waals surface area (Å²) < 4.78 is 15.7. The largest absolute Gasteiger partial charge is 0.497 e. The van der Waals surface area contributed by atoms with E-state index in [0.29, 0.717) is 15.7 Å². The Morgan fingerprint density at radius 2 is 1.96 bits per heavy atom. The molecule has 1 aromatic carbocycles. The molecule has 1 heterocycles. The monoisotopic (exact) mass is 422 g/mol. The average molecular weight is 423 g/mol. The molecule has 0 aliphatic rings. The zero-order valence-corrected chi connectivity index (χ0v) is 18.6. The molecule has 2 N–H and O–H groups in total. The highest BCUT2D eigenvalue weighted by atomic mass is 32.1. The number of thiocarbonyl (C=S) groups is 1. The second-order valence-corrected chi connectivity index (χ2v) is 7.75. The molecule has 0 saturated carbocycles. The van der Waals surface area contributed by atoms with Crippen LogP contribution in [0.1, 0.15) is 46.3 Å². The smallest absolute Gasteiger partial charge is 0.341 e. The number of carbonyl (C=O) groups excluding carboxylic acids is 1. The standard InChI is InChI=1S/C20H26N2O4S2/c1-7-14-12(3)28-18(17(14)19(23)26-6)22-20(27)21-11(2)15-10-13(24-4)8-9-16(15)25-5/h8-11H,7H2,1-6H3,(H2,21,22,27). The molecule has 152 valence electrons. The van der Waals surface area contributed by atoms with Gasteiger partial charge in [-0.3, -0.25) is 0 Å². The van der Waals surface area contributed by atoms with E-state index in [0.717, 1.165) is 33.9 Å². The lowest BCUT2D eigenvalue weighted by Gasteiger charge is -2.20. The van der Waals surface area contributed by atoms with Crippen LogP contribution in [0.25, 0.3) is 0 Å². The Bertz CT molecular complexity index is 864. The summed E-state index contributed by atoms with van der Waals surface area (Å²) in [5.74, 6) is 1.10. The van der Waals surface area contributed by atoms with Crippen molar-refractivity contribution in [2.75, 3.05) is 26.6 Å². The number of aryl methyl sites for hydroxylation is 1. The summed E-state index contributed by atoms with van der Waals surface area (Å²) >= 11 is 6.97. The zero-order chi connectivity index (χ0) is 20.8. The number of thiophene rings is 1. The van der Waals surface area contributed by atoms with Crippen LogP contribution in [0.5, 0.6) is 11.5 Å². The highest BCUT2D eigenvalue weighted by Crippen LogP contribution is 2.34. The first-order valence-corrected chi connectivity index (χ1v) is 10.1. The average Bonchev–Trinajstić information content (AvgIpc) is 3.01. The van der Waals surface area contributed by atoms with Gasteiger partial charge in [0.2, 0.25) is 0 Å². The molecule has 0 amide bonds. The van der Waals surface area contributed by atoms with E-state index < -0.39 is 0 Å². The second kappa shape index (κ2) is 9.75. The molecule has 0 radical (unpaired) electrons. The van der Waals surface area contributed by atoms with Gasteiger partial charge in [-0.25, -0.2) is 4.79 Å². The van der Waals surface area contributed by atoms with Gasteiger partial charge in [0.05, 0.1) is 32.9 Å². The van der Waals surface area contributed by atoms with Crippen LogP contribution in [0.3, 0.4) is 0 Å². The predicted octanol–water partition coefficient (Wildman–Crippen LogP) is 4.47. The Morgan fingerprint density at radius 3 is 2.54 bits per heavy atom. The first-order valence-electron chi connectivity index (χ1n) is 8.86. The number of anilines is 1. The Labute approximate surface area is 175 Å². The van der Waals surface area contributed by atoms with E-state index in [2.05, 4.69) is 10.6 Å². The predicted molar refractivity (Wildman–Crippen MR) is 117 cm³/mol. The van der Waals surface area contributed by atoms with Gasteiger partial charge in [-0.1, -0.05) is 6.92 Å². The van der Waals surface area contributed by atoms with Crippen molar-refractivity contribution in [1.29, 1.82) is 0 Å². The summed E-state index contributed by atoms with van der Waals surface area (Å²) in [7, 11) is 4.62. The Balaban J connectivity index is 2.22. The Morgan fingerprint density at radius 1 is 1.25 bits per heavy atom. The number of rotatable bonds is 7. The third kappa shape index (κ3) is 4.74. The number of hydrogen-bond donors (Lipinski definition) is 2. The first kappa shape index (κ1) is 22.0. The molecular formula is C20H26N2O4S2. The highest BCUT2D eigenvalue weighted by Gasteiger charge is 2.23. The Kier molecular flexibility index (Phi) is 7.65. The number of benzene rings is 1. The molecule has 2 rings (SSSR count). The summed E-state index contributed by atoms with van der Waals surface area (Å²) in [5.41, 5.74) is 2.43. The zero-order valence-electron chi connectivity index (χ0n) is 17.0. The number of ether oxygens (including phenoxy) is 3. The van der Waals surface area contributed by atoms with Crippen LogP contribution in [0.2, 0.25) is 0 Å². The van der Waals surface area contributed by atoms with E-state index >= 15 is 0 Å². The van der Waals surface area contributed by atoms with Crippen molar-refractivity contribution >= 4 is 39.6 Å². The molecule has 8 heteroatoms. The van der Waals surface area contributed by atoms with E-state index in [9.17, 15) is 4.79 Å². The molecule has 0 saturated heterocycles. The normalized spacial score (nSPS) is 11.5. The molecule has 0 bridgehead atoms. The fourth-order valence-electron chi connectivity index (χ4n) is 3.00. The van der Waals surface area contributed by atoms with E-state index in [1.54, 1.807) is 14.2 Å². The molecule has 0 spiro atoms. The van der Waals surface area contributed by atoms with Crippen molar-refractivity contribution in [3.8, 4) is 11.5 Å². The molecule has 1 unspecified atom stereocenters. The van der Waals surface area contributed by atoms with Crippen LogP contribution in [-0.2, 0) is 11.2 Å². The maximum atomic E-state index is 12.3. The molecule has 0 aliphatic carbocycles. The molecule has 1 atom stereocenters. The lowest BCUT2D eigenvalue weighted by Crippen LogP contribution is -2.31. The van der Waals surface area contributed by atoms with Crippen LogP contribution in [-0.4, -0.2) is 32.4 Å². The van der Waals surface area contributed by atoms with Crippen LogP contribution in [0, 0.1) is 6.92 Å². The quantitative estimate of drug-likeness (QED) is 0.504.